The van der Waals surface area contributed by atoms with E-state index in [0.29, 0.717) is 23.3 Å². The fourth-order valence-electron chi connectivity index (χ4n) is 2.67. The van der Waals surface area contributed by atoms with Crippen LogP contribution in [-0.2, 0) is 0 Å². The summed E-state index contributed by atoms with van der Waals surface area (Å²) in [5.41, 5.74) is 0.712. The highest BCUT2D eigenvalue weighted by Gasteiger charge is 2.41. The van der Waals surface area contributed by atoms with Gasteiger partial charge in [0.15, 0.2) is 5.15 Å². The summed E-state index contributed by atoms with van der Waals surface area (Å²) in [4.78, 5) is 2.21. The largest absolute Gasteiger partial charge is 0.391 e. The maximum atomic E-state index is 9.75. The number of nitrogens with zero attached hydrogens (tertiary/aromatic N) is 3. The number of piperidine rings is 1. The van der Waals surface area contributed by atoms with E-state index in [4.69, 9.17) is 11.6 Å². The van der Waals surface area contributed by atoms with E-state index in [-0.39, 0.29) is 12.1 Å². The molecular formula is C9H12ClN3O2. The third-order valence-electron chi connectivity index (χ3n) is 3.47. The van der Waals surface area contributed by atoms with Gasteiger partial charge < -0.3 is 5.11 Å². The van der Waals surface area contributed by atoms with E-state index in [0.717, 1.165) is 19.4 Å². The van der Waals surface area contributed by atoms with Crippen LogP contribution in [0.25, 0.3) is 0 Å². The van der Waals surface area contributed by atoms with Gasteiger partial charge in [0, 0.05) is 13.1 Å². The summed E-state index contributed by atoms with van der Waals surface area (Å²) in [6, 6.07) is 0.164. The lowest BCUT2D eigenvalue weighted by Crippen LogP contribution is -2.30. The number of halogens is 1. The number of hydrogen-bond donors (Lipinski definition) is 1. The summed E-state index contributed by atoms with van der Waals surface area (Å²) >= 11 is 5.89. The molecule has 6 heteroatoms. The number of aliphatic hydroxyl groups excluding tert-OH is 1. The standard InChI is InChI=1S/C9H12ClN3O2/c10-9-8(11-15-12-9)6-2-1-5-3-13(6)4-7(5)14/h5-7,14H,1-4H2. The van der Waals surface area contributed by atoms with E-state index in [1.165, 1.54) is 0 Å². The molecule has 2 fully saturated rings. The van der Waals surface area contributed by atoms with Crippen molar-refractivity contribution in [1.82, 2.24) is 15.2 Å². The van der Waals surface area contributed by atoms with Gasteiger partial charge >= 0.3 is 0 Å². The maximum Gasteiger partial charge on any atom is 0.198 e. The predicted molar refractivity (Wildman–Crippen MR) is 52.4 cm³/mol. The lowest BCUT2D eigenvalue weighted by Gasteiger charge is -2.29. The van der Waals surface area contributed by atoms with Gasteiger partial charge in [-0.05, 0) is 23.9 Å². The van der Waals surface area contributed by atoms with Crippen molar-refractivity contribution in [3.05, 3.63) is 10.8 Å². The first kappa shape index (κ1) is 9.57. The van der Waals surface area contributed by atoms with Crippen LogP contribution in [0.5, 0.6) is 0 Å². The van der Waals surface area contributed by atoms with Crippen molar-refractivity contribution in [2.75, 3.05) is 13.1 Å². The minimum Gasteiger partial charge on any atom is -0.391 e. The van der Waals surface area contributed by atoms with Crippen LogP contribution >= 0.6 is 11.6 Å². The normalized spacial score (nSPS) is 39.6. The maximum absolute atomic E-state index is 9.75. The van der Waals surface area contributed by atoms with Gasteiger partial charge in [-0.1, -0.05) is 16.8 Å². The molecule has 1 N–H and O–H groups in total. The molecular weight excluding hydrogens is 218 g/mol. The first-order valence-corrected chi connectivity index (χ1v) is 5.53. The Kier molecular flexibility index (Phi) is 2.19. The molecule has 2 aliphatic rings. The zero-order chi connectivity index (χ0) is 10.4. The fraction of sp³-hybridized carbons (Fsp3) is 0.778. The van der Waals surface area contributed by atoms with Crippen LogP contribution < -0.4 is 0 Å². The lowest BCUT2D eigenvalue weighted by molar-refractivity contribution is 0.144. The Labute approximate surface area is 92.0 Å². The second-order valence-corrected chi connectivity index (χ2v) is 4.67. The molecule has 0 amide bonds. The third kappa shape index (κ3) is 1.46. The van der Waals surface area contributed by atoms with Gasteiger partial charge in [-0.3, -0.25) is 4.90 Å². The van der Waals surface area contributed by atoms with Crippen molar-refractivity contribution in [3.63, 3.8) is 0 Å². The number of rotatable bonds is 1. The van der Waals surface area contributed by atoms with Crippen LogP contribution in [0.15, 0.2) is 4.63 Å². The number of fused-ring (bicyclic) bond motifs is 2. The van der Waals surface area contributed by atoms with Gasteiger partial charge in [0.25, 0.3) is 0 Å². The summed E-state index contributed by atoms with van der Waals surface area (Å²) in [6.45, 7) is 1.63. The summed E-state index contributed by atoms with van der Waals surface area (Å²) in [5.74, 6) is 0.417. The van der Waals surface area contributed by atoms with Crippen LogP contribution in [0.4, 0.5) is 0 Å². The van der Waals surface area contributed by atoms with Crippen LogP contribution in [0.1, 0.15) is 24.6 Å². The number of hydrogen-bond acceptors (Lipinski definition) is 5. The van der Waals surface area contributed by atoms with E-state index < -0.39 is 0 Å². The first-order valence-electron chi connectivity index (χ1n) is 5.16. The van der Waals surface area contributed by atoms with E-state index >= 15 is 0 Å². The predicted octanol–water partition coefficient (Wildman–Crippen LogP) is 0.851. The molecule has 3 rings (SSSR count). The SMILES string of the molecule is OC1CN2CC1CCC2c1nonc1Cl. The highest BCUT2D eigenvalue weighted by Crippen LogP contribution is 2.40. The van der Waals surface area contributed by atoms with Gasteiger partial charge in [0.05, 0.1) is 12.1 Å². The summed E-state index contributed by atoms with van der Waals surface area (Å²) in [7, 11) is 0. The van der Waals surface area contributed by atoms with Crippen molar-refractivity contribution < 1.29 is 9.74 Å². The molecule has 0 radical (unpaired) electrons. The molecule has 2 aliphatic heterocycles. The molecule has 15 heavy (non-hydrogen) atoms. The van der Waals surface area contributed by atoms with Crippen molar-refractivity contribution in [2.24, 2.45) is 5.92 Å². The zero-order valence-electron chi connectivity index (χ0n) is 8.14. The lowest BCUT2D eigenvalue weighted by atomic mass is 9.94. The average molecular weight is 230 g/mol. The molecule has 82 valence electrons. The van der Waals surface area contributed by atoms with Crippen molar-refractivity contribution in [1.29, 1.82) is 0 Å². The molecule has 5 nitrogen and oxygen atoms in total. The van der Waals surface area contributed by atoms with Gasteiger partial charge in [-0.15, -0.1) is 0 Å². The van der Waals surface area contributed by atoms with Crippen molar-refractivity contribution in [3.8, 4) is 0 Å². The second-order valence-electron chi connectivity index (χ2n) is 4.31. The Morgan fingerprint density at radius 2 is 2.20 bits per heavy atom. The molecule has 4 atom stereocenters. The summed E-state index contributed by atoms with van der Waals surface area (Å²) in [6.07, 6.45) is 1.79. The molecule has 1 aromatic heterocycles. The highest BCUT2D eigenvalue weighted by atomic mass is 35.5. The van der Waals surface area contributed by atoms with Crippen LogP contribution in [0.2, 0.25) is 5.15 Å². The molecule has 0 saturated carbocycles. The Morgan fingerprint density at radius 1 is 1.33 bits per heavy atom. The first-order chi connectivity index (χ1) is 7.25. The molecule has 4 unspecified atom stereocenters. The quantitative estimate of drug-likeness (QED) is 0.774. The molecule has 2 saturated heterocycles. The third-order valence-corrected chi connectivity index (χ3v) is 3.74. The molecule has 3 heterocycles. The topological polar surface area (TPSA) is 62.4 Å². The molecule has 1 aromatic rings. The monoisotopic (exact) mass is 229 g/mol. The van der Waals surface area contributed by atoms with Gasteiger partial charge in [-0.25, -0.2) is 4.63 Å². The number of aromatic nitrogens is 2. The van der Waals surface area contributed by atoms with E-state index in [9.17, 15) is 5.11 Å². The average Bonchev–Trinajstić information content (AvgIpc) is 2.75. The fourth-order valence-corrected chi connectivity index (χ4v) is 2.86. The van der Waals surface area contributed by atoms with Crippen molar-refractivity contribution in [2.45, 2.75) is 25.0 Å². The van der Waals surface area contributed by atoms with Crippen molar-refractivity contribution >= 4 is 11.6 Å². The Hall–Kier alpha value is -0.650. The number of aliphatic hydroxyl groups is 1. The second kappa shape index (κ2) is 3.43. The van der Waals surface area contributed by atoms with E-state index in [1.807, 2.05) is 0 Å². The van der Waals surface area contributed by atoms with Gasteiger partial charge in [0.1, 0.15) is 5.69 Å². The molecule has 0 spiro atoms. The van der Waals surface area contributed by atoms with Crippen LogP contribution in [0.3, 0.4) is 0 Å². The van der Waals surface area contributed by atoms with E-state index in [2.05, 4.69) is 19.8 Å². The molecule has 2 bridgehead atoms. The minimum atomic E-state index is -0.200. The molecule has 0 aliphatic carbocycles. The van der Waals surface area contributed by atoms with Crippen LogP contribution in [0, 0.1) is 5.92 Å². The minimum absolute atomic E-state index is 0.164. The Bertz CT molecular complexity index is 368. The Balaban J connectivity index is 1.87. The summed E-state index contributed by atoms with van der Waals surface area (Å²) in [5, 5.41) is 17.5. The van der Waals surface area contributed by atoms with Gasteiger partial charge in [-0.2, -0.15) is 0 Å². The smallest absolute Gasteiger partial charge is 0.198 e. The Morgan fingerprint density at radius 3 is 2.93 bits per heavy atom. The molecule has 0 aromatic carbocycles. The summed E-state index contributed by atoms with van der Waals surface area (Å²) < 4.78 is 4.61. The zero-order valence-corrected chi connectivity index (χ0v) is 8.89. The van der Waals surface area contributed by atoms with E-state index in [1.54, 1.807) is 0 Å². The highest BCUT2D eigenvalue weighted by molar-refractivity contribution is 6.29. The van der Waals surface area contributed by atoms with Gasteiger partial charge in [0.2, 0.25) is 0 Å². The van der Waals surface area contributed by atoms with Crippen LogP contribution in [-0.4, -0.2) is 39.5 Å².